The van der Waals surface area contributed by atoms with E-state index in [0.29, 0.717) is 5.02 Å². The van der Waals surface area contributed by atoms with E-state index in [2.05, 4.69) is 0 Å². The summed E-state index contributed by atoms with van der Waals surface area (Å²) in [5.41, 5.74) is 0.755. The van der Waals surface area contributed by atoms with Gasteiger partial charge in [-0.2, -0.15) is 13.2 Å². The average Bonchev–Trinajstić information content (AvgIpc) is 2.29. The second kappa shape index (κ2) is 4.92. The molecule has 2 unspecified atom stereocenters. The summed E-state index contributed by atoms with van der Waals surface area (Å²) in [6, 6.07) is 6.72. The second-order valence-corrected chi connectivity index (χ2v) is 5.03. The molecule has 1 fully saturated rings. The molecule has 5 heteroatoms. The fourth-order valence-electron chi connectivity index (χ4n) is 2.34. The van der Waals surface area contributed by atoms with Gasteiger partial charge in [0.25, 0.3) is 0 Å². The highest BCUT2D eigenvalue weighted by Crippen LogP contribution is 2.41. The molecule has 0 spiro atoms. The zero-order valence-electron chi connectivity index (χ0n) is 9.51. The molecule has 1 aromatic carbocycles. The maximum Gasteiger partial charge on any atom is 0.392 e. The fourth-order valence-corrected chi connectivity index (χ4v) is 2.47. The van der Waals surface area contributed by atoms with Crippen LogP contribution in [0.4, 0.5) is 13.2 Å². The van der Waals surface area contributed by atoms with Crippen LogP contribution in [0.1, 0.15) is 30.7 Å². The van der Waals surface area contributed by atoms with Crippen LogP contribution < -0.4 is 0 Å². The van der Waals surface area contributed by atoms with Crippen LogP contribution in [0.25, 0.3) is 0 Å². The summed E-state index contributed by atoms with van der Waals surface area (Å²) in [5, 5.41) is 0.551. The molecular weight excluding hydrogens is 265 g/mol. The smallest absolute Gasteiger partial charge is 0.299 e. The maximum atomic E-state index is 12.5. The van der Waals surface area contributed by atoms with E-state index in [1.807, 2.05) is 0 Å². The van der Waals surface area contributed by atoms with E-state index in [1.54, 1.807) is 24.3 Å². The van der Waals surface area contributed by atoms with Crippen molar-refractivity contribution in [2.75, 3.05) is 0 Å². The molecule has 98 valence electrons. The summed E-state index contributed by atoms with van der Waals surface area (Å²) in [7, 11) is 0. The van der Waals surface area contributed by atoms with Gasteiger partial charge < -0.3 is 0 Å². The van der Waals surface area contributed by atoms with Crippen LogP contribution in [-0.2, 0) is 4.79 Å². The number of ketones is 1. The Morgan fingerprint density at radius 3 is 2.22 bits per heavy atom. The lowest BCUT2D eigenvalue weighted by Crippen LogP contribution is -2.32. The van der Waals surface area contributed by atoms with Gasteiger partial charge in [-0.1, -0.05) is 23.7 Å². The largest absolute Gasteiger partial charge is 0.392 e. The second-order valence-electron chi connectivity index (χ2n) is 4.59. The Bertz CT molecular complexity index is 439. The maximum absolute atomic E-state index is 12.5. The van der Waals surface area contributed by atoms with E-state index in [0.717, 1.165) is 5.56 Å². The molecule has 0 amide bonds. The van der Waals surface area contributed by atoms with Crippen molar-refractivity contribution in [2.45, 2.75) is 31.4 Å². The van der Waals surface area contributed by atoms with Crippen LogP contribution in [0.2, 0.25) is 5.02 Å². The normalized spacial score (nSPS) is 25.2. The molecular formula is C13H12ClF3O. The van der Waals surface area contributed by atoms with Gasteiger partial charge in [-0.25, -0.2) is 0 Å². The van der Waals surface area contributed by atoms with Crippen LogP contribution in [-0.4, -0.2) is 12.0 Å². The third-order valence-electron chi connectivity index (χ3n) is 3.38. The van der Waals surface area contributed by atoms with E-state index in [9.17, 15) is 18.0 Å². The van der Waals surface area contributed by atoms with Crippen LogP contribution in [0, 0.1) is 5.92 Å². The van der Waals surface area contributed by atoms with Crippen LogP contribution >= 0.6 is 11.6 Å². The molecule has 18 heavy (non-hydrogen) atoms. The van der Waals surface area contributed by atoms with Crippen molar-refractivity contribution in [3.05, 3.63) is 34.9 Å². The van der Waals surface area contributed by atoms with Crippen molar-refractivity contribution in [3.63, 3.8) is 0 Å². The fraction of sp³-hybridized carbons (Fsp3) is 0.462. The highest BCUT2D eigenvalue weighted by Gasteiger charge is 2.44. The minimum atomic E-state index is -4.26. The number of rotatable bonds is 1. The summed E-state index contributed by atoms with van der Waals surface area (Å²) in [6.45, 7) is 0. The van der Waals surface area contributed by atoms with Gasteiger partial charge in [0.1, 0.15) is 5.78 Å². The van der Waals surface area contributed by atoms with Crippen molar-refractivity contribution < 1.29 is 18.0 Å². The number of hydrogen-bond acceptors (Lipinski definition) is 1. The van der Waals surface area contributed by atoms with Crippen molar-refractivity contribution in [2.24, 2.45) is 5.92 Å². The van der Waals surface area contributed by atoms with Crippen molar-refractivity contribution in [3.8, 4) is 0 Å². The number of Topliss-reactive ketones (excluding diaryl/α,β-unsaturated/α-hetero) is 1. The molecule has 1 saturated carbocycles. The van der Waals surface area contributed by atoms with E-state index in [4.69, 9.17) is 11.6 Å². The Labute approximate surface area is 108 Å². The van der Waals surface area contributed by atoms with Crippen molar-refractivity contribution >= 4 is 17.4 Å². The van der Waals surface area contributed by atoms with Gasteiger partial charge in [0.2, 0.25) is 0 Å². The zero-order valence-corrected chi connectivity index (χ0v) is 10.3. The molecule has 0 aromatic heterocycles. The first-order valence-corrected chi connectivity index (χ1v) is 6.10. The molecule has 2 atom stereocenters. The lowest BCUT2D eigenvalue weighted by Gasteiger charge is -2.29. The van der Waals surface area contributed by atoms with Gasteiger partial charge in [-0.3, -0.25) is 4.79 Å². The first kappa shape index (κ1) is 13.4. The number of hydrogen-bond donors (Lipinski definition) is 0. The summed E-state index contributed by atoms with van der Waals surface area (Å²) < 4.78 is 37.6. The predicted octanol–water partition coefficient (Wildman–Crippen LogP) is 4.36. The number of carbonyl (C=O) groups excluding carboxylic acids is 1. The molecule has 1 aliphatic rings. The first-order chi connectivity index (χ1) is 8.38. The molecule has 0 saturated heterocycles. The minimum absolute atomic E-state index is 0.0164. The molecule has 1 aromatic rings. The first-order valence-electron chi connectivity index (χ1n) is 5.73. The summed E-state index contributed by atoms with van der Waals surface area (Å²) in [6.07, 6.45) is -4.40. The molecule has 1 nitrogen and oxygen atoms in total. The molecule has 0 radical (unpaired) electrons. The van der Waals surface area contributed by atoms with Gasteiger partial charge in [-0.05, 0) is 30.5 Å². The Morgan fingerprint density at radius 1 is 1.11 bits per heavy atom. The summed E-state index contributed by atoms with van der Waals surface area (Å²) in [4.78, 5) is 11.8. The van der Waals surface area contributed by atoms with E-state index in [-0.39, 0.29) is 18.6 Å². The third-order valence-corrected chi connectivity index (χ3v) is 3.63. The minimum Gasteiger partial charge on any atom is -0.299 e. The highest BCUT2D eigenvalue weighted by atomic mass is 35.5. The molecule has 0 heterocycles. The Hall–Kier alpha value is -1.03. The average molecular weight is 277 g/mol. The quantitative estimate of drug-likeness (QED) is 0.745. The van der Waals surface area contributed by atoms with E-state index < -0.39 is 24.4 Å². The standard InChI is InChI=1S/C13H12ClF3O/c14-10-4-1-8(2-5-10)11-6-3-9(7-12(11)18)13(15,16)17/h1-2,4-5,9,11H,3,6-7H2. The van der Waals surface area contributed by atoms with Crippen LogP contribution in [0.5, 0.6) is 0 Å². The molecule has 0 N–H and O–H groups in total. The molecule has 1 aliphatic carbocycles. The predicted molar refractivity (Wildman–Crippen MR) is 62.6 cm³/mol. The van der Waals surface area contributed by atoms with Gasteiger partial charge in [0.15, 0.2) is 0 Å². The number of benzene rings is 1. The third kappa shape index (κ3) is 2.86. The Morgan fingerprint density at radius 2 is 1.72 bits per heavy atom. The van der Waals surface area contributed by atoms with E-state index >= 15 is 0 Å². The van der Waals surface area contributed by atoms with Gasteiger partial charge in [0.05, 0.1) is 5.92 Å². The van der Waals surface area contributed by atoms with Gasteiger partial charge in [-0.15, -0.1) is 0 Å². The summed E-state index contributed by atoms with van der Waals surface area (Å²) >= 11 is 5.74. The molecule has 2 rings (SSSR count). The zero-order chi connectivity index (χ0) is 13.3. The monoisotopic (exact) mass is 276 g/mol. The van der Waals surface area contributed by atoms with E-state index in [1.165, 1.54) is 0 Å². The number of halogens is 4. The summed E-state index contributed by atoms with van der Waals surface area (Å²) in [5.74, 6) is -2.22. The van der Waals surface area contributed by atoms with Gasteiger partial charge in [0, 0.05) is 17.4 Å². The lowest BCUT2D eigenvalue weighted by atomic mass is 9.77. The number of alkyl halides is 3. The van der Waals surface area contributed by atoms with Crippen molar-refractivity contribution in [1.82, 2.24) is 0 Å². The SMILES string of the molecule is O=C1CC(C(F)(F)F)CCC1c1ccc(Cl)cc1. The van der Waals surface area contributed by atoms with Gasteiger partial charge >= 0.3 is 6.18 Å². The van der Waals surface area contributed by atoms with Crippen LogP contribution in [0.3, 0.4) is 0 Å². The molecule has 0 aliphatic heterocycles. The highest BCUT2D eigenvalue weighted by molar-refractivity contribution is 6.30. The molecule has 0 bridgehead atoms. The Balaban J connectivity index is 2.10. The van der Waals surface area contributed by atoms with Crippen molar-refractivity contribution in [1.29, 1.82) is 0 Å². The number of carbonyl (C=O) groups is 1. The Kier molecular flexibility index (Phi) is 3.66. The lowest BCUT2D eigenvalue weighted by molar-refractivity contribution is -0.184. The van der Waals surface area contributed by atoms with Crippen LogP contribution in [0.15, 0.2) is 24.3 Å². The topological polar surface area (TPSA) is 17.1 Å².